The molecule has 0 aromatic carbocycles. The molecule has 2 heterocycles. The van der Waals surface area contributed by atoms with Crippen LogP contribution in [0.1, 0.15) is 12.7 Å². The van der Waals surface area contributed by atoms with Gasteiger partial charge in [-0.25, -0.2) is 20.4 Å². The highest BCUT2D eigenvalue weighted by Crippen LogP contribution is 2.18. The summed E-state index contributed by atoms with van der Waals surface area (Å²) in [5.74, 6) is 5.92. The molecule has 7 N–H and O–H groups in total. The molecular weight excluding hydrogens is 236 g/mol. The Morgan fingerprint density at radius 1 is 1.56 bits per heavy atom. The first kappa shape index (κ1) is 12.1. The molecule has 18 heavy (non-hydrogen) atoms. The minimum absolute atomic E-state index is 0.293. The number of aromatic amines is 1. The van der Waals surface area contributed by atoms with Gasteiger partial charge in [0.05, 0.1) is 18.6 Å². The summed E-state index contributed by atoms with van der Waals surface area (Å²) < 4.78 is 0. The molecule has 0 fully saturated rings. The molecule has 9 heteroatoms. The number of aromatic nitrogens is 4. The third-order valence-electron chi connectivity index (χ3n) is 2.10. The second-order valence-electron chi connectivity index (χ2n) is 3.30. The Hall–Kier alpha value is -2.39. The van der Waals surface area contributed by atoms with Crippen LogP contribution >= 0.6 is 0 Å². The van der Waals surface area contributed by atoms with Gasteiger partial charge in [-0.2, -0.15) is 0 Å². The fraction of sp³-hybridized carbons (Fsp3) is 0.222. The Morgan fingerprint density at radius 3 is 3.11 bits per heavy atom. The van der Waals surface area contributed by atoms with Gasteiger partial charge < -0.3 is 16.1 Å². The molecule has 0 aliphatic carbocycles. The molecule has 0 atom stereocenters. The molecule has 0 radical (unpaired) electrons. The normalized spacial score (nSPS) is 11.8. The van der Waals surface area contributed by atoms with Crippen molar-refractivity contribution in [3.05, 3.63) is 18.4 Å². The summed E-state index contributed by atoms with van der Waals surface area (Å²) in [7, 11) is 0. The van der Waals surface area contributed by atoms with Crippen molar-refractivity contribution in [2.24, 2.45) is 11.6 Å². The molecule has 2 aromatic heterocycles. The maximum absolute atomic E-state index is 5.75. The summed E-state index contributed by atoms with van der Waals surface area (Å²) in [6, 6.07) is 0. The van der Waals surface area contributed by atoms with E-state index in [0.29, 0.717) is 35.1 Å². The van der Waals surface area contributed by atoms with Crippen LogP contribution in [0.3, 0.4) is 0 Å². The molecule has 0 unspecified atom stereocenters. The zero-order chi connectivity index (χ0) is 13.0. The van der Waals surface area contributed by atoms with Crippen LogP contribution in [0.5, 0.6) is 0 Å². The van der Waals surface area contributed by atoms with Crippen LogP contribution in [0, 0.1) is 0 Å². The minimum atomic E-state index is 0.293. The molecular formula is C9H14N8O. The highest BCUT2D eigenvalue weighted by atomic mass is 16.6. The number of anilines is 1. The minimum Gasteiger partial charge on any atom is -0.394 e. The van der Waals surface area contributed by atoms with E-state index in [1.165, 1.54) is 12.5 Å². The lowest BCUT2D eigenvalue weighted by molar-refractivity contribution is 0.209. The first-order valence-electron chi connectivity index (χ1n) is 5.27. The van der Waals surface area contributed by atoms with Crippen LogP contribution < -0.4 is 22.5 Å². The molecule has 0 bridgehead atoms. The van der Waals surface area contributed by atoms with Crippen LogP contribution in [0.15, 0.2) is 12.5 Å². The highest BCUT2D eigenvalue weighted by molar-refractivity contribution is 5.83. The molecule has 2 rings (SSSR count). The lowest BCUT2D eigenvalue weighted by Crippen LogP contribution is -2.17. The van der Waals surface area contributed by atoms with Crippen LogP contribution in [-0.2, 0) is 4.84 Å². The van der Waals surface area contributed by atoms with E-state index in [-0.39, 0.29) is 0 Å². The third kappa shape index (κ3) is 2.31. The van der Waals surface area contributed by atoms with Gasteiger partial charge in [0, 0.05) is 6.20 Å². The van der Waals surface area contributed by atoms with Gasteiger partial charge in [0.1, 0.15) is 5.52 Å². The zero-order valence-electron chi connectivity index (χ0n) is 9.77. The fourth-order valence-corrected chi connectivity index (χ4v) is 1.33. The van der Waals surface area contributed by atoms with E-state index in [1.807, 2.05) is 6.92 Å². The van der Waals surface area contributed by atoms with Crippen molar-refractivity contribution in [3.8, 4) is 0 Å². The number of hydrazine groups is 1. The van der Waals surface area contributed by atoms with E-state index in [9.17, 15) is 0 Å². The monoisotopic (exact) mass is 250 g/mol. The summed E-state index contributed by atoms with van der Waals surface area (Å²) in [6.45, 7) is 2.34. The van der Waals surface area contributed by atoms with E-state index in [1.54, 1.807) is 0 Å². The van der Waals surface area contributed by atoms with E-state index in [0.717, 1.165) is 0 Å². The number of imidazole rings is 1. The predicted molar refractivity (Wildman–Crippen MR) is 66.4 cm³/mol. The van der Waals surface area contributed by atoms with Crippen LogP contribution in [0.25, 0.3) is 16.9 Å². The van der Waals surface area contributed by atoms with Gasteiger partial charge in [0.2, 0.25) is 0 Å². The van der Waals surface area contributed by atoms with Crippen molar-refractivity contribution in [1.82, 2.24) is 25.4 Å². The molecule has 0 aliphatic rings. The van der Waals surface area contributed by atoms with Gasteiger partial charge in [-0.3, -0.25) is 10.7 Å². The Labute approximate surface area is 103 Å². The maximum atomic E-state index is 5.75. The van der Waals surface area contributed by atoms with Crippen molar-refractivity contribution < 1.29 is 4.84 Å². The molecule has 9 nitrogen and oxygen atoms in total. The SMILES string of the molecule is CCONc1nc(/C(N)=C/NN)nc2nc[nH]c12. The van der Waals surface area contributed by atoms with Crippen molar-refractivity contribution in [1.29, 1.82) is 0 Å². The number of rotatable bonds is 5. The Balaban J connectivity index is 2.46. The fourth-order valence-electron chi connectivity index (χ4n) is 1.33. The maximum Gasteiger partial charge on any atom is 0.183 e. The Kier molecular flexibility index (Phi) is 3.55. The summed E-state index contributed by atoms with van der Waals surface area (Å²) in [4.78, 5) is 20.5. The van der Waals surface area contributed by atoms with E-state index < -0.39 is 0 Å². The van der Waals surface area contributed by atoms with Crippen molar-refractivity contribution in [3.63, 3.8) is 0 Å². The van der Waals surface area contributed by atoms with E-state index in [2.05, 4.69) is 30.8 Å². The second kappa shape index (κ2) is 5.29. The van der Waals surface area contributed by atoms with Gasteiger partial charge >= 0.3 is 0 Å². The number of fused-ring (bicyclic) bond motifs is 1. The van der Waals surface area contributed by atoms with E-state index >= 15 is 0 Å². The molecule has 0 saturated carbocycles. The lowest BCUT2D eigenvalue weighted by Gasteiger charge is -2.07. The molecule has 96 valence electrons. The number of H-pyrrole nitrogens is 1. The van der Waals surface area contributed by atoms with Crippen molar-refractivity contribution in [2.75, 3.05) is 12.1 Å². The van der Waals surface area contributed by atoms with Gasteiger partial charge in [0.15, 0.2) is 17.3 Å². The van der Waals surface area contributed by atoms with E-state index in [4.69, 9.17) is 16.4 Å². The number of nitrogens with two attached hydrogens (primary N) is 2. The molecule has 0 amide bonds. The molecule has 0 aliphatic heterocycles. The van der Waals surface area contributed by atoms with Gasteiger partial charge in [0.25, 0.3) is 0 Å². The lowest BCUT2D eigenvalue weighted by atomic mass is 10.4. The summed E-state index contributed by atoms with van der Waals surface area (Å²) >= 11 is 0. The Bertz CT molecular complexity index is 563. The zero-order valence-corrected chi connectivity index (χ0v) is 9.77. The van der Waals surface area contributed by atoms with Crippen molar-refractivity contribution >= 4 is 22.7 Å². The average Bonchev–Trinajstić information content (AvgIpc) is 2.84. The quantitative estimate of drug-likeness (QED) is 0.351. The third-order valence-corrected chi connectivity index (χ3v) is 2.10. The number of hydrogen-bond acceptors (Lipinski definition) is 8. The van der Waals surface area contributed by atoms with Crippen molar-refractivity contribution in [2.45, 2.75) is 6.92 Å². The number of nitrogens with zero attached hydrogens (tertiary/aromatic N) is 3. The van der Waals surface area contributed by atoms with Crippen LogP contribution in [0.4, 0.5) is 5.82 Å². The Morgan fingerprint density at radius 2 is 2.39 bits per heavy atom. The van der Waals surface area contributed by atoms with Gasteiger partial charge in [-0.1, -0.05) is 0 Å². The van der Waals surface area contributed by atoms with Crippen LogP contribution in [-0.4, -0.2) is 26.5 Å². The molecule has 0 spiro atoms. The predicted octanol–water partition coefficient (Wildman–Crippen LogP) is -0.563. The highest BCUT2D eigenvalue weighted by Gasteiger charge is 2.11. The molecule has 2 aromatic rings. The topological polar surface area (TPSA) is 140 Å². The first-order chi connectivity index (χ1) is 8.76. The summed E-state index contributed by atoms with van der Waals surface area (Å²) in [5.41, 5.74) is 12.2. The standard InChI is InChI=1S/C9H14N8O/c1-2-18-17-9-6-8(13-4-12-6)15-7(16-9)5(10)3-14-11/h3-4,14H,2,10-11H2,1H3,(H2,12,13,15,16,17)/b5-3-. The summed E-state index contributed by atoms with van der Waals surface area (Å²) in [5, 5.41) is 0. The average molecular weight is 250 g/mol. The van der Waals surface area contributed by atoms with Crippen LogP contribution in [0.2, 0.25) is 0 Å². The van der Waals surface area contributed by atoms with Gasteiger partial charge in [-0.05, 0) is 6.92 Å². The largest absolute Gasteiger partial charge is 0.394 e. The first-order valence-corrected chi connectivity index (χ1v) is 5.27. The smallest absolute Gasteiger partial charge is 0.183 e. The number of hydrogen-bond donors (Lipinski definition) is 5. The summed E-state index contributed by atoms with van der Waals surface area (Å²) in [6.07, 6.45) is 2.90. The second-order valence-corrected chi connectivity index (χ2v) is 3.30. The number of nitrogens with one attached hydrogen (secondary N) is 3. The van der Waals surface area contributed by atoms with Gasteiger partial charge in [-0.15, -0.1) is 0 Å². The molecule has 0 saturated heterocycles.